The summed E-state index contributed by atoms with van der Waals surface area (Å²) < 4.78 is 0. The van der Waals surface area contributed by atoms with Crippen molar-refractivity contribution in [1.82, 2.24) is 4.90 Å². The van der Waals surface area contributed by atoms with Gasteiger partial charge in [0.15, 0.2) is 0 Å². The maximum Gasteiger partial charge on any atom is 0.265 e. The topological polar surface area (TPSA) is 71.5 Å². The second-order valence-electron chi connectivity index (χ2n) is 6.69. The van der Waals surface area contributed by atoms with Crippen molar-refractivity contribution < 1.29 is 19.2 Å². The van der Waals surface area contributed by atoms with Crippen molar-refractivity contribution in [3.63, 3.8) is 0 Å². The second-order valence-corrected chi connectivity index (χ2v) is 7.50. The highest BCUT2D eigenvalue weighted by atomic mass is 35.5. The van der Waals surface area contributed by atoms with Crippen LogP contribution in [0.5, 0.6) is 0 Å². The number of rotatable bonds is 3. The number of halogens is 2. The van der Waals surface area contributed by atoms with Gasteiger partial charge < -0.3 is 0 Å². The van der Waals surface area contributed by atoms with Gasteiger partial charge in [0.1, 0.15) is 10.7 Å². The zero-order valence-electron chi connectivity index (χ0n) is 15.8. The fourth-order valence-corrected chi connectivity index (χ4v) is 3.66. The molecule has 1 aliphatic carbocycles. The third kappa shape index (κ3) is 3.69. The van der Waals surface area contributed by atoms with Crippen LogP contribution in [-0.4, -0.2) is 28.3 Å². The number of allylic oxidation sites excluding steroid dienone is 2. The second kappa shape index (κ2) is 8.30. The molecule has 0 saturated carbocycles. The fraction of sp³-hybridized carbons (Fsp3) is 0. The van der Waals surface area contributed by atoms with E-state index in [4.69, 9.17) is 23.2 Å². The summed E-state index contributed by atoms with van der Waals surface area (Å²) >= 11 is 12.2. The van der Waals surface area contributed by atoms with Crippen LogP contribution in [0.4, 0.5) is 0 Å². The van der Waals surface area contributed by atoms with E-state index in [9.17, 15) is 19.2 Å². The number of amides is 2. The first-order valence-electron chi connectivity index (χ1n) is 9.17. The summed E-state index contributed by atoms with van der Waals surface area (Å²) in [6.07, 6.45) is 0. The average Bonchev–Trinajstić information content (AvgIpc) is 2.80. The Labute approximate surface area is 187 Å². The number of nitrogens with zero attached hydrogens (tertiary/aromatic N) is 1. The van der Waals surface area contributed by atoms with Gasteiger partial charge >= 0.3 is 0 Å². The Morgan fingerprint density at radius 3 is 1.68 bits per heavy atom. The van der Waals surface area contributed by atoms with E-state index in [2.05, 4.69) is 0 Å². The van der Waals surface area contributed by atoms with E-state index in [1.54, 1.807) is 30.3 Å². The molecule has 3 aromatic rings. The first-order valence-corrected chi connectivity index (χ1v) is 9.93. The molecule has 0 heterocycles. The lowest BCUT2D eigenvalue weighted by atomic mass is 9.91. The van der Waals surface area contributed by atoms with Crippen molar-refractivity contribution in [2.24, 2.45) is 0 Å². The Morgan fingerprint density at radius 1 is 0.613 bits per heavy atom. The molecule has 152 valence electrons. The van der Waals surface area contributed by atoms with Crippen LogP contribution in [0.3, 0.4) is 0 Å². The van der Waals surface area contributed by atoms with Gasteiger partial charge in [0.25, 0.3) is 11.8 Å². The molecule has 0 spiro atoms. The zero-order chi connectivity index (χ0) is 22.1. The predicted octanol–water partition coefficient (Wildman–Crippen LogP) is 5.15. The molecule has 4 rings (SSSR count). The molecule has 2 amide bonds. The third-order valence-electron chi connectivity index (χ3n) is 4.78. The summed E-state index contributed by atoms with van der Waals surface area (Å²) in [5.74, 6) is -2.91. The number of ketones is 2. The van der Waals surface area contributed by atoms with Gasteiger partial charge in [0, 0.05) is 27.3 Å². The van der Waals surface area contributed by atoms with Crippen molar-refractivity contribution in [1.29, 1.82) is 0 Å². The molecule has 0 fully saturated rings. The maximum absolute atomic E-state index is 13.4. The largest absolute Gasteiger partial charge is 0.287 e. The van der Waals surface area contributed by atoms with E-state index in [1.807, 2.05) is 0 Å². The molecule has 0 bridgehead atoms. The predicted molar refractivity (Wildman–Crippen MR) is 116 cm³/mol. The molecule has 0 aliphatic heterocycles. The van der Waals surface area contributed by atoms with Gasteiger partial charge in [-0.3, -0.25) is 19.2 Å². The number of hydrogen-bond acceptors (Lipinski definition) is 4. The molecule has 5 nitrogen and oxygen atoms in total. The van der Waals surface area contributed by atoms with Gasteiger partial charge in [0.2, 0.25) is 11.6 Å². The van der Waals surface area contributed by atoms with Crippen molar-refractivity contribution in [2.45, 2.75) is 0 Å². The average molecular weight is 450 g/mol. The monoisotopic (exact) mass is 449 g/mol. The minimum absolute atomic E-state index is 0.0710. The van der Waals surface area contributed by atoms with Gasteiger partial charge in [-0.25, -0.2) is 4.90 Å². The molecular formula is C24H13Cl2NO4. The summed E-state index contributed by atoms with van der Waals surface area (Å²) in [5, 5.41) is -0.0946. The molecule has 0 saturated heterocycles. The zero-order valence-corrected chi connectivity index (χ0v) is 17.4. The minimum Gasteiger partial charge on any atom is -0.287 e. The number of fused-ring (bicyclic) bond motifs is 1. The first-order chi connectivity index (χ1) is 14.9. The van der Waals surface area contributed by atoms with Gasteiger partial charge in [-0.15, -0.1) is 0 Å². The molecule has 3 aromatic carbocycles. The van der Waals surface area contributed by atoms with E-state index in [0.717, 1.165) is 0 Å². The lowest BCUT2D eigenvalue weighted by molar-refractivity contribution is 0.0641. The Balaban J connectivity index is 1.90. The van der Waals surface area contributed by atoms with Gasteiger partial charge in [-0.05, 0) is 36.4 Å². The van der Waals surface area contributed by atoms with E-state index < -0.39 is 34.1 Å². The summed E-state index contributed by atoms with van der Waals surface area (Å²) in [6, 6.07) is 19.9. The van der Waals surface area contributed by atoms with Crippen molar-refractivity contribution >= 4 is 46.6 Å². The van der Waals surface area contributed by atoms with Gasteiger partial charge in [-0.1, -0.05) is 65.7 Å². The molecule has 0 radical (unpaired) electrons. The van der Waals surface area contributed by atoms with Crippen molar-refractivity contribution in [3.8, 4) is 0 Å². The molecule has 0 aromatic heterocycles. The third-order valence-corrected chi connectivity index (χ3v) is 5.38. The molecule has 7 heteroatoms. The van der Waals surface area contributed by atoms with E-state index in [0.29, 0.717) is 9.92 Å². The Kier molecular flexibility index (Phi) is 5.55. The van der Waals surface area contributed by atoms with Crippen LogP contribution in [0.15, 0.2) is 89.6 Å². The minimum atomic E-state index is -0.806. The van der Waals surface area contributed by atoms with E-state index in [1.165, 1.54) is 48.5 Å². The highest BCUT2D eigenvalue weighted by Gasteiger charge is 2.40. The normalized spacial score (nSPS) is 13.1. The van der Waals surface area contributed by atoms with Gasteiger partial charge in [-0.2, -0.15) is 0 Å². The summed E-state index contributed by atoms with van der Waals surface area (Å²) in [4.78, 5) is 53.5. The molecule has 31 heavy (non-hydrogen) atoms. The Morgan fingerprint density at radius 2 is 1.10 bits per heavy atom. The van der Waals surface area contributed by atoms with Crippen LogP contribution < -0.4 is 0 Å². The summed E-state index contributed by atoms with van der Waals surface area (Å²) in [7, 11) is 0. The van der Waals surface area contributed by atoms with Gasteiger partial charge in [0.05, 0.1) is 0 Å². The number of carbonyl (C=O) groups is 4. The van der Waals surface area contributed by atoms with Crippen molar-refractivity contribution in [3.05, 3.63) is 117 Å². The SMILES string of the molecule is O=C1C(Cl)=C(N(C(=O)c2ccccc2)C(=O)c2ccc(Cl)cc2)C(=O)c2ccccc21. The number of carbonyl (C=O) groups excluding carboxylic acids is 4. The van der Waals surface area contributed by atoms with Crippen LogP contribution in [-0.2, 0) is 0 Å². The van der Waals surface area contributed by atoms with Crippen LogP contribution in [0, 0.1) is 0 Å². The standard InChI is InChI=1S/C24H13Cl2NO4/c25-16-12-10-15(11-13-16)24(31)27(23(30)14-6-2-1-3-7-14)20-19(26)21(28)17-8-4-5-9-18(17)22(20)29/h1-13H. The fourth-order valence-electron chi connectivity index (χ4n) is 3.26. The Bertz CT molecular complexity index is 1260. The number of benzene rings is 3. The highest BCUT2D eigenvalue weighted by molar-refractivity contribution is 6.50. The molecule has 0 N–H and O–H groups in total. The summed E-state index contributed by atoms with van der Waals surface area (Å²) in [5.41, 5.74) is -0.0289. The number of hydrogen-bond donors (Lipinski definition) is 0. The first kappa shape index (κ1) is 20.7. The maximum atomic E-state index is 13.4. The van der Waals surface area contributed by atoms with Crippen LogP contribution in [0.25, 0.3) is 0 Å². The summed E-state index contributed by atoms with van der Waals surface area (Å²) in [6.45, 7) is 0. The van der Waals surface area contributed by atoms with Crippen LogP contribution >= 0.6 is 23.2 Å². The molecule has 1 aliphatic rings. The Hall–Kier alpha value is -3.54. The highest BCUT2D eigenvalue weighted by Crippen LogP contribution is 2.32. The number of imide groups is 1. The van der Waals surface area contributed by atoms with Crippen molar-refractivity contribution in [2.75, 3.05) is 0 Å². The quantitative estimate of drug-likeness (QED) is 0.518. The van der Waals surface area contributed by atoms with Crippen LogP contribution in [0.1, 0.15) is 41.4 Å². The molecule has 0 unspecified atom stereocenters. The molecule has 0 atom stereocenters. The van der Waals surface area contributed by atoms with E-state index in [-0.39, 0.29) is 22.3 Å². The van der Waals surface area contributed by atoms with E-state index >= 15 is 0 Å². The molecular weight excluding hydrogens is 437 g/mol. The lowest BCUT2D eigenvalue weighted by Crippen LogP contribution is -2.41. The lowest BCUT2D eigenvalue weighted by Gasteiger charge is -2.27. The van der Waals surface area contributed by atoms with Crippen LogP contribution in [0.2, 0.25) is 5.02 Å². The smallest absolute Gasteiger partial charge is 0.265 e. The number of Topliss-reactive ketones (excluding diaryl/α,β-unsaturated/α-hetero) is 2.